The second kappa shape index (κ2) is 7.84. The van der Waals surface area contributed by atoms with Gasteiger partial charge in [-0.05, 0) is 43.5 Å². The molecule has 7 nitrogen and oxygen atoms in total. The fourth-order valence-electron chi connectivity index (χ4n) is 3.04. The summed E-state index contributed by atoms with van der Waals surface area (Å²) >= 11 is 0. The Morgan fingerprint density at radius 3 is 2.75 bits per heavy atom. The summed E-state index contributed by atoms with van der Waals surface area (Å²) in [5.41, 5.74) is 2.39. The molecule has 1 aliphatic rings. The van der Waals surface area contributed by atoms with Gasteiger partial charge in [0.25, 0.3) is 0 Å². The monoisotopic (exact) mass is 407 g/mol. The van der Waals surface area contributed by atoms with Gasteiger partial charge in [-0.3, -0.25) is 9.78 Å². The average molecular weight is 407 g/mol. The molecule has 1 aromatic heterocycles. The van der Waals surface area contributed by atoms with Crippen molar-refractivity contribution >= 4 is 21.6 Å². The number of nitrogens with two attached hydrogens (primary N) is 1. The Hall–Kier alpha value is -2.52. The number of amides is 1. The van der Waals surface area contributed by atoms with E-state index in [0.29, 0.717) is 35.4 Å². The molecule has 28 heavy (non-hydrogen) atoms. The first kappa shape index (κ1) is 20.2. The number of rotatable bonds is 6. The standard InChI is InChI=1S/C19H22FN3O4S/c1-12(28(21,25)26)5-6-27-15-7-14(10-22-11-15)16-8-13-3-4-19(24)23(2)18(13)9-17(16)20/h7-12H,3-6H2,1-2H3,(H2,21,25,26). The van der Waals surface area contributed by atoms with E-state index in [2.05, 4.69) is 4.98 Å². The third kappa shape index (κ3) is 4.31. The van der Waals surface area contributed by atoms with Gasteiger partial charge in [-0.25, -0.2) is 17.9 Å². The number of anilines is 1. The number of nitrogens with zero attached hydrogens (tertiary/aromatic N) is 2. The fraction of sp³-hybridized carbons (Fsp3) is 0.368. The van der Waals surface area contributed by atoms with Crippen LogP contribution in [0.5, 0.6) is 5.75 Å². The molecule has 0 aliphatic carbocycles. The highest BCUT2D eigenvalue weighted by Crippen LogP contribution is 2.34. The highest BCUT2D eigenvalue weighted by molar-refractivity contribution is 7.89. The van der Waals surface area contributed by atoms with Gasteiger partial charge in [0, 0.05) is 36.5 Å². The molecule has 1 aliphatic heterocycles. The summed E-state index contributed by atoms with van der Waals surface area (Å²) in [6.07, 6.45) is 4.19. The van der Waals surface area contributed by atoms with E-state index in [-0.39, 0.29) is 18.9 Å². The second-order valence-corrected chi connectivity index (χ2v) is 8.84. The van der Waals surface area contributed by atoms with Crippen LogP contribution in [-0.4, -0.2) is 38.2 Å². The van der Waals surface area contributed by atoms with Crippen LogP contribution in [0.15, 0.2) is 30.6 Å². The Labute approximate surface area is 163 Å². The minimum atomic E-state index is -3.60. The van der Waals surface area contributed by atoms with Crippen molar-refractivity contribution in [2.75, 3.05) is 18.6 Å². The highest BCUT2D eigenvalue weighted by Gasteiger charge is 2.23. The van der Waals surface area contributed by atoms with Gasteiger partial charge in [0.2, 0.25) is 15.9 Å². The Balaban J connectivity index is 1.80. The maximum absolute atomic E-state index is 14.7. The van der Waals surface area contributed by atoms with Crippen molar-refractivity contribution in [3.8, 4) is 16.9 Å². The number of sulfonamides is 1. The van der Waals surface area contributed by atoms with Crippen molar-refractivity contribution in [1.82, 2.24) is 4.98 Å². The molecule has 1 unspecified atom stereocenters. The van der Waals surface area contributed by atoms with Crippen LogP contribution in [-0.2, 0) is 21.2 Å². The molecule has 0 spiro atoms. The van der Waals surface area contributed by atoms with Gasteiger partial charge >= 0.3 is 0 Å². The first-order valence-corrected chi connectivity index (χ1v) is 10.5. The van der Waals surface area contributed by atoms with Crippen LogP contribution in [0.3, 0.4) is 0 Å². The van der Waals surface area contributed by atoms with E-state index in [0.717, 1.165) is 5.56 Å². The third-order valence-corrected chi connectivity index (χ3v) is 6.25. The zero-order valence-corrected chi connectivity index (χ0v) is 16.5. The van der Waals surface area contributed by atoms with Gasteiger partial charge in [-0.15, -0.1) is 0 Å². The lowest BCUT2D eigenvalue weighted by atomic mass is 9.96. The van der Waals surface area contributed by atoms with Gasteiger partial charge in [0.05, 0.1) is 18.1 Å². The van der Waals surface area contributed by atoms with Crippen molar-refractivity contribution in [3.05, 3.63) is 42.0 Å². The van der Waals surface area contributed by atoms with E-state index >= 15 is 0 Å². The topological polar surface area (TPSA) is 103 Å². The normalized spacial score (nSPS) is 15.3. The molecule has 0 fully saturated rings. The van der Waals surface area contributed by atoms with E-state index in [4.69, 9.17) is 9.88 Å². The van der Waals surface area contributed by atoms with Crippen LogP contribution in [0.1, 0.15) is 25.3 Å². The van der Waals surface area contributed by atoms with Gasteiger partial charge in [0.1, 0.15) is 11.6 Å². The molecular weight excluding hydrogens is 385 g/mol. The quantitative estimate of drug-likeness (QED) is 0.791. The van der Waals surface area contributed by atoms with E-state index in [9.17, 15) is 17.6 Å². The number of halogens is 1. The molecule has 2 N–H and O–H groups in total. The maximum Gasteiger partial charge on any atom is 0.227 e. The molecule has 150 valence electrons. The first-order valence-electron chi connectivity index (χ1n) is 8.85. The summed E-state index contributed by atoms with van der Waals surface area (Å²) in [5, 5.41) is 4.37. The molecule has 2 heterocycles. The van der Waals surface area contributed by atoms with E-state index in [1.807, 2.05) is 0 Å². The predicted molar refractivity (Wildman–Crippen MR) is 104 cm³/mol. The highest BCUT2D eigenvalue weighted by atomic mass is 32.2. The number of aromatic nitrogens is 1. The third-order valence-electron chi connectivity index (χ3n) is 4.89. The number of primary sulfonamides is 1. The van der Waals surface area contributed by atoms with Crippen molar-refractivity contribution in [2.45, 2.75) is 31.4 Å². The summed E-state index contributed by atoms with van der Waals surface area (Å²) in [6, 6.07) is 4.75. The minimum absolute atomic E-state index is 0.0366. The zero-order valence-electron chi connectivity index (χ0n) is 15.7. The molecule has 2 aromatic rings. The first-order chi connectivity index (χ1) is 13.2. The van der Waals surface area contributed by atoms with Gasteiger partial charge in [-0.2, -0.15) is 0 Å². The molecule has 1 amide bonds. The summed E-state index contributed by atoms with van der Waals surface area (Å²) < 4.78 is 42.8. The van der Waals surface area contributed by atoms with Crippen LogP contribution in [0, 0.1) is 5.82 Å². The average Bonchev–Trinajstić information content (AvgIpc) is 2.64. The minimum Gasteiger partial charge on any atom is -0.492 e. The second-order valence-electron chi connectivity index (χ2n) is 6.86. The summed E-state index contributed by atoms with van der Waals surface area (Å²) in [7, 11) is -1.97. The largest absolute Gasteiger partial charge is 0.492 e. The Bertz CT molecular complexity index is 1010. The van der Waals surface area contributed by atoms with Gasteiger partial charge in [0.15, 0.2) is 0 Å². The molecule has 1 aromatic carbocycles. The van der Waals surface area contributed by atoms with Crippen LogP contribution >= 0.6 is 0 Å². The van der Waals surface area contributed by atoms with Crippen LogP contribution in [0.25, 0.3) is 11.1 Å². The van der Waals surface area contributed by atoms with Crippen molar-refractivity contribution in [3.63, 3.8) is 0 Å². The number of hydrogen-bond acceptors (Lipinski definition) is 5. The number of ether oxygens (including phenoxy) is 1. The number of fused-ring (bicyclic) bond motifs is 1. The van der Waals surface area contributed by atoms with E-state index < -0.39 is 21.1 Å². The molecule has 0 saturated heterocycles. The Morgan fingerprint density at radius 1 is 1.29 bits per heavy atom. The smallest absolute Gasteiger partial charge is 0.227 e. The van der Waals surface area contributed by atoms with Crippen LogP contribution < -0.4 is 14.8 Å². The molecule has 0 saturated carbocycles. The SMILES string of the molecule is CC(CCOc1cncc(-c2cc3c(cc2F)N(C)C(=O)CC3)c1)S(N)(=O)=O. The lowest BCUT2D eigenvalue weighted by Gasteiger charge is -2.26. The predicted octanol–water partition coefficient (Wildman–Crippen LogP) is 2.24. The number of benzene rings is 1. The number of aryl methyl sites for hydroxylation is 1. The van der Waals surface area contributed by atoms with Crippen molar-refractivity contribution in [1.29, 1.82) is 0 Å². The summed E-state index contributed by atoms with van der Waals surface area (Å²) in [6.45, 7) is 1.65. The summed E-state index contributed by atoms with van der Waals surface area (Å²) in [4.78, 5) is 17.4. The molecule has 0 bridgehead atoms. The summed E-state index contributed by atoms with van der Waals surface area (Å²) in [5.74, 6) is -0.0870. The molecule has 1 atom stereocenters. The van der Waals surface area contributed by atoms with Crippen molar-refractivity contribution in [2.24, 2.45) is 5.14 Å². The zero-order chi connectivity index (χ0) is 20.5. The van der Waals surface area contributed by atoms with E-state index in [1.54, 1.807) is 19.2 Å². The molecule has 0 radical (unpaired) electrons. The number of carbonyl (C=O) groups is 1. The van der Waals surface area contributed by atoms with Gasteiger partial charge in [-0.1, -0.05) is 0 Å². The Morgan fingerprint density at radius 2 is 2.04 bits per heavy atom. The van der Waals surface area contributed by atoms with Crippen molar-refractivity contribution < 1.29 is 22.3 Å². The number of carbonyl (C=O) groups excluding carboxylic acids is 1. The molecular formula is C19H22FN3O4S. The van der Waals surface area contributed by atoms with Crippen LogP contribution in [0.2, 0.25) is 0 Å². The van der Waals surface area contributed by atoms with E-state index in [1.165, 1.54) is 30.3 Å². The molecule has 9 heteroatoms. The van der Waals surface area contributed by atoms with Gasteiger partial charge < -0.3 is 9.64 Å². The molecule has 3 rings (SSSR count). The lowest BCUT2D eigenvalue weighted by Crippen LogP contribution is -2.31. The Kier molecular flexibility index (Phi) is 5.66. The maximum atomic E-state index is 14.7. The van der Waals surface area contributed by atoms with Crippen LogP contribution in [0.4, 0.5) is 10.1 Å². The number of pyridine rings is 1. The number of hydrogen-bond donors (Lipinski definition) is 1. The lowest BCUT2D eigenvalue weighted by molar-refractivity contribution is -0.118. The fourth-order valence-corrected chi connectivity index (χ4v) is 3.46.